The Hall–Kier alpha value is -1.92. The lowest BCUT2D eigenvalue weighted by Gasteiger charge is -2.42. The normalized spacial score (nSPS) is 32.9. The maximum Gasteiger partial charge on any atom is 0.420 e. The number of carbonyl (C=O) groups is 2. The van der Waals surface area contributed by atoms with Crippen LogP contribution in [0.5, 0.6) is 0 Å². The molecule has 0 spiro atoms. The molecule has 2 atom stereocenters. The summed E-state index contributed by atoms with van der Waals surface area (Å²) in [6.07, 6.45) is 0. The molecule has 0 unspecified atom stereocenters. The Morgan fingerprint density at radius 1 is 1.12 bits per heavy atom. The summed E-state index contributed by atoms with van der Waals surface area (Å²) in [5, 5.41) is 10.3. The fraction of sp³-hybridized carbons (Fsp3) is 0.273. The summed E-state index contributed by atoms with van der Waals surface area (Å²) < 4.78 is 9.37. The summed E-state index contributed by atoms with van der Waals surface area (Å²) >= 11 is 0. The molecule has 0 radical (unpaired) electrons. The van der Waals surface area contributed by atoms with E-state index in [1.54, 1.807) is 18.2 Å². The molecule has 1 aromatic carbocycles. The van der Waals surface area contributed by atoms with Gasteiger partial charge >= 0.3 is 11.9 Å². The average molecular weight is 237 g/mol. The van der Waals surface area contributed by atoms with Crippen molar-refractivity contribution in [3.05, 3.63) is 35.9 Å². The molecule has 6 heteroatoms. The quantitative estimate of drug-likeness (QED) is 0.509. The number of nitrogens with two attached hydrogens (primary N) is 1. The Balaban J connectivity index is 2.48. The second kappa shape index (κ2) is 3.54. The Morgan fingerprint density at radius 2 is 1.65 bits per heavy atom. The van der Waals surface area contributed by atoms with E-state index in [9.17, 15) is 14.7 Å². The molecule has 1 aliphatic heterocycles. The standard InChI is InChI=1S/C11H11NO5/c1-10(12)11(15,7-5-3-2-4-6-7)17-9(14)8(13)16-10/h2-6,15H,12H2,1H3/t10-,11+/m1/s1. The van der Waals surface area contributed by atoms with Crippen LogP contribution in [0.4, 0.5) is 0 Å². The SMILES string of the molecule is C[C@@]1(N)OC(=O)C(=O)O[C@@]1(O)c1ccccc1. The van der Waals surface area contributed by atoms with Gasteiger partial charge in [0.25, 0.3) is 5.79 Å². The molecular formula is C11H11NO5. The maximum absolute atomic E-state index is 11.2. The number of benzene rings is 1. The highest BCUT2D eigenvalue weighted by Crippen LogP contribution is 2.36. The van der Waals surface area contributed by atoms with Crippen LogP contribution in [0.1, 0.15) is 12.5 Å². The van der Waals surface area contributed by atoms with Crippen LogP contribution < -0.4 is 5.73 Å². The van der Waals surface area contributed by atoms with E-state index < -0.39 is 23.5 Å². The van der Waals surface area contributed by atoms with Crippen LogP contribution in [0.25, 0.3) is 0 Å². The van der Waals surface area contributed by atoms with Crippen molar-refractivity contribution in [3.8, 4) is 0 Å². The largest absolute Gasteiger partial charge is 0.428 e. The first kappa shape index (κ1) is 11.6. The topological polar surface area (TPSA) is 98.9 Å². The van der Waals surface area contributed by atoms with Crippen LogP contribution in [0, 0.1) is 0 Å². The highest BCUT2D eigenvalue weighted by atomic mass is 16.7. The summed E-state index contributed by atoms with van der Waals surface area (Å²) in [6, 6.07) is 8.01. The first-order valence-electron chi connectivity index (χ1n) is 4.90. The van der Waals surface area contributed by atoms with Crippen LogP contribution in [0.3, 0.4) is 0 Å². The van der Waals surface area contributed by atoms with Crippen molar-refractivity contribution in [2.45, 2.75) is 18.4 Å². The molecule has 0 saturated carbocycles. The number of carbonyl (C=O) groups excluding carboxylic acids is 2. The van der Waals surface area contributed by atoms with Crippen LogP contribution >= 0.6 is 0 Å². The van der Waals surface area contributed by atoms with Crippen molar-refractivity contribution in [2.24, 2.45) is 5.73 Å². The molecule has 0 aromatic heterocycles. The molecule has 0 bridgehead atoms. The van der Waals surface area contributed by atoms with Gasteiger partial charge in [-0.1, -0.05) is 30.3 Å². The van der Waals surface area contributed by atoms with Crippen molar-refractivity contribution in [3.63, 3.8) is 0 Å². The van der Waals surface area contributed by atoms with Crippen LogP contribution in [-0.2, 0) is 24.8 Å². The van der Waals surface area contributed by atoms with Crippen LogP contribution in [0.15, 0.2) is 30.3 Å². The van der Waals surface area contributed by atoms with Crippen LogP contribution in [0.2, 0.25) is 0 Å². The van der Waals surface area contributed by atoms with E-state index in [0.717, 1.165) is 0 Å². The van der Waals surface area contributed by atoms with Gasteiger partial charge in [-0.05, 0) is 6.92 Å². The summed E-state index contributed by atoms with van der Waals surface area (Å²) in [6.45, 7) is 1.25. The number of rotatable bonds is 1. The first-order valence-corrected chi connectivity index (χ1v) is 4.90. The minimum atomic E-state index is -2.20. The molecule has 2 rings (SSSR count). The minimum Gasteiger partial charge on any atom is -0.428 e. The fourth-order valence-electron chi connectivity index (χ4n) is 1.59. The second-order valence-corrected chi connectivity index (χ2v) is 3.90. The van der Waals surface area contributed by atoms with E-state index in [1.807, 2.05) is 0 Å². The molecule has 1 aromatic rings. The first-order chi connectivity index (χ1) is 7.87. The molecular weight excluding hydrogens is 226 g/mol. The van der Waals surface area contributed by atoms with E-state index in [1.165, 1.54) is 19.1 Å². The second-order valence-electron chi connectivity index (χ2n) is 3.90. The maximum atomic E-state index is 11.2. The lowest BCUT2D eigenvalue weighted by Crippen LogP contribution is -2.65. The summed E-state index contributed by atoms with van der Waals surface area (Å²) in [7, 11) is 0. The van der Waals surface area contributed by atoms with E-state index in [4.69, 9.17) is 10.5 Å². The van der Waals surface area contributed by atoms with E-state index in [2.05, 4.69) is 4.74 Å². The molecule has 3 N–H and O–H groups in total. The van der Waals surface area contributed by atoms with Crippen molar-refractivity contribution < 1.29 is 24.2 Å². The van der Waals surface area contributed by atoms with Gasteiger partial charge in [0.1, 0.15) is 0 Å². The van der Waals surface area contributed by atoms with Crippen molar-refractivity contribution in [1.29, 1.82) is 0 Å². The Morgan fingerprint density at radius 3 is 2.24 bits per heavy atom. The van der Waals surface area contributed by atoms with Crippen molar-refractivity contribution in [1.82, 2.24) is 0 Å². The number of esters is 2. The van der Waals surface area contributed by atoms with Crippen molar-refractivity contribution >= 4 is 11.9 Å². The number of hydrogen-bond acceptors (Lipinski definition) is 6. The third-order valence-corrected chi connectivity index (χ3v) is 2.55. The summed E-state index contributed by atoms with van der Waals surface area (Å²) in [5.74, 6) is -4.70. The lowest BCUT2D eigenvalue weighted by atomic mass is 9.95. The number of aliphatic hydroxyl groups is 1. The number of cyclic esters (lactones) is 2. The van der Waals surface area contributed by atoms with Gasteiger partial charge in [0.15, 0.2) is 0 Å². The van der Waals surface area contributed by atoms with Crippen molar-refractivity contribution in [2.75, 3.05) is 0 Å². The monoisotopic (exact) mass is 237 g/mol. The van der Waals surface area contributed by atoms with Gasteiger partial charge in [0.2, 0.25) is 5.72 Å². The van der Waals surface area contributed by atoms with E-state index >= 15 is 0 Å². The van der Waals surface area contributed by atoms with Gasteiger partial charge in [0.05, 0.1) is 0 Å². The predicted octanol–water partition coefficient (Wildman–Crippen LogP) is -0.393. The van der Waals surface area contributed by atoms with Gasteiger partial charge in [-0.2, -0.15) is 0 Å². The zero-order valence-corrected chi connectivity index (χ0v) is 9.04. The van der Waals surface area contributed by atoms with Gasteiger partial charge in [-0.25, -0.2) is 9.59 Å². The highest BCUT2D eigenvalue weighted by molar-refractivity contribution is 6.30. The third kappa shape index (κ3) is 1.67. The van der Waals surface area contributed by atoms with Gasteiger partial charge < -0.3 is 14.6 Å². The van der Waals surface area contributed by atoms with Gasteiger partial charge in [-0.15, -0.1) is 0 Å². The van der Waals surface area contributed by atoms with Crippen LogP contribution in [-0.4, -0.2) is 22.8 Å². The number of hydrogen-bond donors (Lipinski definition) is 2. The lowest BCUT2D eigenvalue weighted by molar-refractivity contribution is -0.312. The molecule has 90 valence electrons. The summed E-state index contributed by atoms with van der Waals surface area (Å²) in [5.41, 5.74) is 4.05. The van der Waals surface area contributed by atoms with E-state index in [0.29, 0.717) is 0 Å². The zero-order valence-electron chi connectivity index (χ0n) is 9.04. The Kier molecular flexibility index (Phi) is 2.41. The fourth-order valence-corrected chi connectivity index (χ4v) is 1.59. The molecule has 17 heavy (non-hydrogen) atoms. The molecule has 0 aliphatic carbocycles. The third-order valence-electron chi connectivity index (χ3n) is 2.55. The van der Waals surface area contributed by atoms with E-state index in [-0.39, 0.29) is 5.56 Å². The van der Waals surface area contributed by atoms with Gasteiger partial charge in [-0.3, -0.25) is 5.73 Å². The van der Waals surface area contributed by atoms with Gasteiger partial charge in [0, 0.05) is 5.56 Å². The average Bonchev–Trinajstić information content (AvgIpc) is 2.27. The zero-order chi connectivity index (χ0) is 12.7. The molecule has 1 fully saturated rings. The molecule has 6 nitrogen and oxygen atoms in total. The number of ether oxygens (including phenoxy) is 2. The molecule has 0 amide bonds. The Labute approximate surface area is 96.9 Å². The summed E-state index contributed by atoms with van der Waals surface area (Å²) in [4.78, 5) is 22.2. The Bertz CT molecular complexity index is 470. The minimum absolute atomic E-state index is 0.228. The molecule has 1 aliphatic rings. The molecule has 1 heterocycles. The smallest absolute Gasteiger partial charge is 0.420 e. The predicted molar refractivity (Wildman–Crippen MR) is 55.1 cm³/mol. The highest BCUT2D eigenvalue weighted by Gasteiger charge is 2.58. The molecule has 1 saturated heterocycles.